The maximum atomic E-state index is 13.3. The fraction of sp³-hybridized carbons (Fsp3) is 0.269. The van der Waals surface area contributed by atoms with E-state index in [4.69, 9.17) is 9.47 Å². The SMILES string of the molecule is CC(C)(C)OC(=O)COc1ccc(C(=O)N(Cc2ccccc2)Cc2ccccc2)cn1. The Bertz CT molecular complexity index is 972. The highest BCUT2D eigenvalue weighted by Crippen LogP contribution is 2.16. The monoisotopic (exact) mass is 432 g/mol. The van der Waals surface area contributed by atoms with Gasteiger partial charge >= 0.3 is 5.97 Å². The number of esters is 1. The summed E-state index contributed by atoms with van der Waals surface area (Å²) in [5, 5.41) is 0. The molecule has 32 heavy (non-hydrogen) atoms. The van der Waals surface area contributed by atoms with Crippen molar-refractivity contribution in [2.24, 2.45) is 0 Å². The summed E-state index contributed by atoms with van der Waals surface area (Å²) in [6.45, 7) is 6.09. The maximum absolute atomic E-state index is 13.3. The fourth-order valence-corrected chi connectivity index (χ4v) is 3.09. The quantitative estimate of drug-likeness (QED) is 0.485. The lowest BCUT2D eigenvalue weighted by atomic mass is 10.1. The molecule has 0 spiro atoms. The van der Waals surface area contributed by atoms with Gasteiger partial charge in [-0.05, 0) is 38.0 Å². The van der Waals surface area contributed by atoms with E-state index in [0.29, 0.717) is 18.7 Å². The zero-order valence-electron chi connectivity index (χ0n) is 18.7. The Morgan fingerprint density at radius 3 is 1.88 bits per heavy atom. The van der Waals surface area contributed by atoms with Crippen LogP contribution in [0.5, 0.6) is 5.88 Å². The van der Waals surface area contributed by atoms with Crippen LogP contribution in [-0.2, 0) is 22.6 Å². The maximum Gasteiger partial charge on any atom is 0.344 e. The van der Waals surface area contributed by atoms with E-state index in [2.05, 4.69) is 4.98 Å². The van der Waals surface area contributed by atoms with E-state index in [9.17, 15) is 9.59 Å². The minimum absolute atomic E-state index is 0.135. The van der Waals surface area contributed by atoms with Crippen LogP contribution in [0.2, 0.25) is 0 Å². The van der Waals surface area contributed by atoms with Crippen molar-refractivity contribution >= 4 is 11.9 Å². The average molecular weight is 433 g/mol. The van der Waals surface area contributed by atoms with Gasteiger partial charge in [-0.1, -0.05) is 60.7 Å². The number of rotatable bonds is 8. The van der Waals surface area contributed by atoms with Gasteiger partial charge in [-0.15, -0.1) is 0 Å². The molecule has 0 saturated carbocycles. The van der Waals surface area contributed by atoms with Crippen LogP contribution < -0.4 is 4.74 Å². The summed E-state index contributed by atoms with van der Waals surface area (Å²) in [6.07, 6.45) is 1.47. The summed E-state index contributed by atoms with van der Waals surface area (Å²) in [5.41, 5.74) is 1.95. The molecule has 0 bridgehead atoms. The predicted molar refractivity (Wildman–Crippen MR) is 122 cm³/mol. The van der Waals surface area contributed by atoms with Crippen molar-refractivity contribution in [3.8, 4) is 5.88 Å². The van der Waals surface area contributed by atoms with Gasteiger partial charge in [0.15, 0.2) is 6.61 Å². The number of carbonyl (C=O) groups excluding carboxylic acids is 2. The van der Waals surface area contributed by atoms with Crippen molar-refractivity contribution < 1.29 is 19.1 Å². The predicted octanol–water partition coefficient (Wildman–Crippen LogP) is 4.64. The van der Waals surface area contributed by atoms with Crippen LogP contribution in [0.25, 0.3) is 0 Å². The van der Waals surface area contributed by atoms with Gasteiger partial charge in [0.05, 0.1) is 5.56 Å². The first-order valence-corrected chi connectivity index (χ1v) is 10.5. The van der Waals surface area contributed by atoms with Gasteiger partial charge in [0.2, 0.25) is 5.88 Å². The van der Waals surface area contributed by atoms with Gasteiger partial charge in [0.1, 0.15) is 5.60 Å². The Balaban J connectivity index is 1.69. The number of pyridine rings is 1. The van der Waals surface area contributed by atoms with Crippen LogP contribution in [0.3, 0.4) is 0 Å². The molecule has 2 aromatic carbocycles. The van der Waals surface area contributed by atoms with Crippen LogP contribution in [0, 0.1) is 0 Å². The second-order valence-electron chi connectivity index (χ2n) is 8.39. The Morgan fingerprint density at radius 2 is 1.41 bits per heavy atom. The molecule has 0 atom stereocenters. The molecular formula is C26H28N2O4. The molecule has 0 radical (unpaired) electrons. The number of ether oxygens (including phenoxy) is 2. The molecule has 6 nitrogen and oxygen atoms in total. The molecular weight excluding hydrogens is 404 g/mol. The second-order valence-corrected chi connectivity index (χ2v) is 8.39. The number of carbonyl (C=O) groups is 2. The summed E-state index contributed by atoms with van der Waals surface area (Å²) in [7, 11) is 0. The third-order valence-electron chi connectivity index (χ3n) is 4.46. The number of aromatic nitrogens is 1. The molecule has 1 amide bonds. The molecule has 3 aromatic rings. The fourth-order valence-electron chi connectivity index (χ4n) is 3.09. The molecule has 6 heteroatoms. The highest BCUT2D eigenvalue weighted by molar-refractivity contribution is 5.94. The van der Waals surface area contributed by atoms with Crippen molar-refractivity contribution in [1.82, 2.24) is 9.88 Å². The van der Waals surface area contributed by atoms with Gasteiger partial charge in [-0.25, -0.2) is 9.78 Å². The molecule has 0 N–H and O–H groups in total. The second kappa shape index (κ2) is 10.6. The van der Waals surface area contributed by atoms with Gasteiger partial charge in [-0.2, -0.15) is 0 Å². The minimum Gasteiger partial charge on any atom is -0.466 e. The van der Waals surface area contributed by atoms with Crippen molar-refractivity contribution in [1.29, 1.82) is 0 Å². The van der Waals surface area contributed by atoms with E-state index >= 15 is 0 Å². The number of hydrogen-bond acceptors (Lipinski definition) is 5. The van der Waals surface area contributed by atoms with Crippen LogP contribution in [0.4, 0.5) is 0 Å². The molecule has 3 rings (SSSR count). The summed E-state index contributed by atoms with van der Waals surface area (Å²) < 4.78 is 10.6. The van der Waals surface area contributed by atoms with Gasteiger partial charge < -0.3 is 14.4 Å². The Labute approximate surface area is 188 Å². The minimum atomic E-state index is -0.578. The molecule has 0 aliphatic heterocycles. The van der Waals surface area contributed by atoms with Crippen LogP contribution >= 0.6 is 0 Å². The summed E-state index contributed by atoms with van der Waals surface area (Å²) in [5.74, 6) is -0.356. The number of benzene rings is 2. The van der Waals surface area contributed by atoms with Crippen molar-refractivity contribution in [3.63, 3.8) is 0 Å². The largest absolute Gasteiger partial charge is 0.466 e. The summed E-state index contributed by atoms with van der Waals surface area (Å²) >= 11 is 0. The lowest BCUT2D eigenvalue weighted by Crippen LogP contribution is -2.30. The lowest BCUT2D eigenvalue weighted by molar-refractivity contribution is -0.157. The van der Waals surface area contributed by atoms with E-state index in [1.165, 1.54) is 6.20 Å². The van der Waals surface area contributed by atoms with Gasteiger partial charge in [-0.3, -0.25) is 4.79 Å². The molecule has 1 aromatic heterocycles. The molecule has 0 unspecified atom stereocenters. The van der Waals surface area contributed by atoms with E-state index < -0.39 is 11.6 Å². The zero-order chi connectivity index (χ0) is 23.0. The topological polar surface area (TPSA) is 68.7 Å². The van der Waals surface area contributed by atoms with Crippen molar-refractivity contribution in [3.05, 3.63) is 95.7 Å². The third kappa shape index (κ3) is 7.23. The van der Waals surface area contributed by atoms with Crippen molar-refractivity contribution in [2.45, 2.75) is 39.5 Å². The van der Waals surface area contributed by atoms with Crippen LogP contribution in [0.15, 0.2) is 79.0 Å². The highest BCUT2D eigenvalue weighted by atomic mass is 16.6. The first-order chi connectivity index (χ1) is 15.3. The Hall–Kier alpha value is -3.67. The van der Waals surface area contributed by atoms with Gasteiger partial charge in [0.25, 0.3) is 5.91 Å². The van der Waals surface area contributed by atoms with Crippen LogP contribution in [0.1, 0.15) is 42.3 Å². The molecule has 1 heterocycles. The third-order valence-corrected chi connectivity index (χ3v) is 4.46. The highest BCUT2D eigenvalue weighted by Gasteiger charge is 2.19. The van der Waals surface area contributed by atoms with E-state index in [-0.39, 0.29) is 18.4 Å². The molecule has 0 aliphatic carbocycles. The van der Waals surface area contributed by atoms with Gasteiger partial charge in [0, 0.05) is 25.4 Å². The summed E-state index contributed by atoms with van der Waals surface area (Å²) in [4.78, 5) is 31.0. The average Bonchev–Trinajstić information content (AvgIpc) is 2.77. The molecule has 166 valence electrons. The summed E-state index contributed by atoms with van der Waals surface area (Å²) in [6, 6.07) is 23.0. The first kappa shape index (κ1) is 23.0. The lowest BCUT2D eigenvalue weighted by Gasteiger charge is -2.23. The number of hydrogen-bond donors (Lipinski definition) is 0. The molecule has 0 saturated heterocycles. The van der Waals surface area contributed by atoms with E-state index in [0.717, 1.165) is 11.1 Å². The number of amides is 1. The van der Waals surface area contributed by atoms with E-state index in [1.807, 2.05) is 60.7 Å². The zero-order valence-corrected chi connectivity index (χ0v) is 18.7. The smallest absolute Gasteiger partial charge is 0.344 e. The first-order valence-electron chi connectivity index (χ1n) is 10.5. The Kier molecular flexibility index (Phi) is 7.60. The van der Waals surface area contributed by atoms with Crippen molar-refractivity contribution in [2.75, 3.05) is 6.61 Å². The standard InChI is InChI=1S/C26H28N2O4/c1-26(2,3)32-24(29)19-31-23-15-14-22(16-27-23)25(30)28(17-20-10-6-4-7-11-20)18-21-12-8-5-9-13-21/h4-16H,17-19H2,1-3H3. The number of nitrogens with zero attached hydrogens (tertiary/aromatic N) is 2. The normalized spacial score (nSPS) is 11.0. The van der Waals surface area contributed by atoms with E-state index in [1.54, 1.807) is 37.8 Å². The molecule has 0 fully saturated rings. The Morgan fingerprint density at radius 1 is 0.844 bits per heavy atom. The molecule has 0 aliphatic rings. The van der Waals surface area contributed by atoms with Crippen LogP contribution in [-0.4, -0.2) is 34.0 Å².